The Bertz CT molecular complexity index is 909. The van der Waals surface area contributed by atoms with Crippen molar-refractivity contribution in [1.29, 1.82) is 0 Å². The van der Waals surface area contributed by atoms with Crippen LogP contribution in [0.2, 0.25) is 0 Å². The summed E-state index contributed by atoms with van der Waals surface area (Å²) < 4.78 is 22.6. The van der Waals surface area contributed by atoms with E-state index in [1.54, 1.807) is 12.1 Å². The molecule has 0 saturated heterocycles. The van der Waals surface area contributed by atoms with Crippen molar-refractivity contribution in [2.75, 3.05) is 13.6 Å². The zero-order valence-electron chi connectivity index (χ0n) is 16.2. The Kier molecular flexibility index (Phi) is 6.75. The van der Waals surface area contributed by atoms with Crippen molar-refractivity contribution < 1.29 is 18.1 Å². The third-order valence-corrected chi connectivity index (χ3v) is 5.47. The largest absolute Gasteiger partial charge is 0.345 e. The molecule has 6 nitrogen and oxygen atoms in total. The van der Waals surface area contributed by atoms with Crippen molar-refractivity contribution in [3.63, 3.8) is 0 Å². The third-order valence-electron chi connectivity index (χ3n) is 4.54. The summed E-state index contributed by atoms with van der Waals surface area (Å²) in [5.41, 5.74) is 4.52. The molecule has 2 rings (SSSR count). The number of sulfonamides is 1. The maximum atomic E-state index is 12.3. The molecule has 0 fully saturated rings. The molecule has 0 aliphatic rings. The number of hydrogen-bond acceptors (Lipinski definition) is 3. The standard InChI is InChI=1S/C20H27N3O3S/c1-14-5-6-18(15(2)11-14)12-23(4)13-20(24)22-16(3)17-7-9-19(10-8-17)27(21,25)26/h5-11,16H,12-13H2,1-4H3,(H,22,24)(H2,21,25,26)/p+1/t16-/m0/s1. The smallest absolute Gasteiger partial charge is 0.275 e. The van der Waals surface area contributed by atoms with Gasteiger partial charge >= 0.3 is 0 Å². The molecule has 0 bridgehead atoms. The normalized spacial score (nSPS) is 13.8. The van der Waals surface area contributed by atoms with Gasteiger partial charge in [-0.25, -0.2) is 13.6 Å². The number of nitrogens with two attached hydrogens (primary N) is 1. The molecule has 1 unspecified atom stereocenters. The van der Waals surface area contributed by atoms with Crippen LogP contribution in [0.25, 0.3) is 0 Å². The van der Waals surface area contributed by atoms with Crippen LogP contribution in [0.5, 0.6) is 0 Å². The molecule has 2 atom stereocenters. The third kappa shape index (κ3) is 6.16. The first-order valence-electron chi connectivity index (χ1n) is 8.86. The summed E-state index contributed by atoms with van der Waals surface area (Å²) in [5.74, 6) is -0.0553. The molecule has 0 spiro atoms. The predicted molar refractivity (Wildman–Crippen MR) is 106 cm³/mol. The van der Waals surface area contributed by atoms with Crippen LogP contribution in [-0.4, -0.2) is 27.9 Å². The summed E-state index contributed by atoms with van der Waals surface area (Å²) in [6.45, 7) is 7.15. The lowest BCUT2D eigenvalue weighted by Gasteiger charge is -2.18. The van der Waals surface area contributed by atoms with Crippen molar-refractivity contribution in [3.8, 4) is 0 Å². The van der Waals surface area contributed by atoms with Gasteiger partial charge in [-0.3, -0.25) is 4.79 Å². The number of rotatable bonds is 7. The molecule has 0 aliphatic heterocycles. The Hall–Kier alpha value is -2.22. The summed E-state index contributed by atoms with van der Waals surface area (Å²) in [4.78, 5) is 13.5. The highest BCUT2D eigenvalue weighted by Gasteiger charge is 2.16. The van der Waals surface area contributed by atoms with Crippen LogP contribution in [0.15, 0.2) is 47.4 Å². The molecule has 1 amide bonds. The molecular weight excluding hydrogens is 362 g/mol. The topological polar surface area (TPSA) is 93.7 Å². The average molecular weight is 391 g/mol. The summed E-state index contributed by atoms with van der Waals surface area (Å²) >= 11 is 0. The fourth-order valence-corrected chi connectivity index (χ4v) is 3.54. The minimum Gasteiger partial charge on any atom is -0.345 e. The Morgan fingerprint density at radius 2 is 1.78 bits per heavy atom. The van der Waals surface area contributed by atoms with Crippen LogP contribution in [0.1, 0.15) is 35.2 Å². The average Bonchev–Trinajstić information content (AvgIpc) is 2.56. The molecule has 2 aromatic carbocycles. The molecule has 0 saturated carbocycles. The van der Waals surface area contributed by atoms with Crippen LogP contribution < -0.4 is 15.4 Å². The van der Waals surface area contributed by atoms with E-state index in [2.05, 4.69) is 37.4 Å². The summed E-state index contributed by atoms with van der Waals surface area (Å²) in [7, 11) is -1.72. The summed E-state index contributed by atoms with van der Waals surface area (Å²) in [6.07, 6.45) is 0. The number of aryl methyl sites for hydroxylation is 2. The highest BCUT2D eigenvalue weighted by atomic mass is 32.2. The molecule has 2 aromatic rings. The van der Waals surface area contributed by atoms with Crippen molar-refractivity contribution in [3.05, 3.63) is 64.7 Å². The first kappa shape index (κ1) is 21.1. The molecule has 4 N–H and O–H groups in total. The number of quaternary nitrogens is 1. The van der Waals surface area contributed by atoms with Gasteiger partial charge in [0.25, 0.3) is 5.91 Å². The number of hydrogen-bond donors (Lipinski definition) is 3. The van der Waals surface area contributed by atoms with Gasteiger partial charge in [0, 0.05) is 5.56 Å². The first-order chi connectivity index (χ1) is 12.6. The lowest BCUT2D eigenvalue weighted by Crippen LogP contribution is -3.09. The van der Waals surface area contributed by atoms with Crippen LogP contribution in [0.4, 0.5) is 0 Å². The van der Waals surface area contributed by atoms with Crippen LogP contribution >= 0.6 is 0 Å². The van der Waals surface area contributed by atoms with Gasteiger partial charge in [0.05, 0.1) is 18.0 Å². The quantitative estimate of drug-likeness (QED) is 0.654. The maximum absolute atomic E-state index is 12.3. The van der Waals surface area contributed by atoms with Gasteiger partial charge in [-0.1, -0.05) is 35.9 Å². The van der Waals surface area contributed by atoms with Gasteiger partial charge in [-0.05, 0) is 44.0 Å². The van der Waals surface area contributed by atoms with E-state index in [1.165, 1.54) is 28.8 Å². The van der Waals surface area contributed by atoms with E-state index < -0.39 is 10.0 Å². The molecule has 0 radical (unpaired) electrons. The van der Waals surface area contributed by atoms with Gasteiger partial charge in [-0.15, -0.1) is 0 Å². The van der Waals surface area contributed by atoms with Gasteiger partial charge in [0.2, 0.25) is 10.0 Å². The number of primary sulfonamides is 1. The van der Waals surface area contributed by atoms with E-state index in [-0.39, 0.29) is 16.8 Å². The number of amides is 1. The van der Waals surface area contributed by atoms with Gasteiger partial charge in [0.1, 0.15) is 6.54 Å². The van der Waals surface area contributed by atoms with Crippen molar-refractivity contribution in [2.45, 2.75) is 38.3 Å². The Morgan fingerprint density at radius 1 is 1.15 bits per heavy atom. The highest BCUT2D eigenvalue weighted by molar-refractivity contribution is 7.89. The van der Waals surface area contributed by atoms with Crippen LogP contribution in [-0.2, 0) is 21.4 Å². The first-order valence-corrected chi connectivity index (χ1v) is 10.4. The second-order valence-corrected chi connectivity index (χ2v) is 8.71. The lowest BCUT2D eigenvalue weighted by atomic mass is 10.1. The number of carbonyl (C=O) groups excluding carboxylic acids is 1. The van der Waals surface area contributed by atoms with Crippen molar-refractivity contribution >= 4 is 15.9 Å². The Balaban J connectivity index is 1.92. The zero-order valence-corrected chi connectivity index (χ0v) is 17.1. The zero-order chi connectivity index (χ0) is 20.2. The molecule has 146 valence electrons. The van der Waals surface area contributed by atoms with E-state index in [0.717, 1.165) is 17.0 Å². The molecule has 27 heavy (non-hydrogen) atoms. The van der Waals surface area contributed by atoms with Gasteiger partial charge < -0.3 is 10.2 Å². The molecular formula is C20H28N3O3S+. The fourth-order valence-electron chi connectivity index (χ4n) is 3.03. The highest BCUT2D eigenvalue weighted by Crippen LogP contribution is 2.15. The van der Waals surface area contributed by atoms with E-state index >= 15 is 0 Å². The molecule has 0 aliphatic carbocycles. The SMILES string of the molecule is Cc1ccc(C[NH+](C)CC(=O)N[C@@H](C)c2ccc(S(N)(=O)=O)cc2)c(C)c1. The van der Waals surface area contributed by atoms with Crippen LogP contribution in [0, 0.1) is 13.8 Å². The lowest BCUT2D eigenvalue weighted by molar-refractivity contribution is -0.885. The molecule has 7 heteroatoms. The summed E-state index contributed by atoms with van der Waals surface area (Å²) in [6, 6.07) is 12.4. The number of nitrogens with one attached hydrogen (secondary N) is 2. The fraction of sp³-hybridized carbons (Fsp3) is 0.350. The van der Waals surface area contributed by atoms with Crippen molar-refractivity contribution in [2.24, 2.45) is 5.14 Å². The number of benzene rings is 2. The number of carbonyl (C=O) groups is 1. The minimum atomic E-state index is -3.71. The van der Waals surface area contributed by atoms with E-state index in [4.69, 9.17) is 5.14 Å². The predicted octanol–water partition coefficient (Wildman–Crippen LogP) is 0.843. The number of likely N-dealkylation sites (N-methyl/N-ethyl adjacent to an activating group) is 1. The van der Waals surface area contributed by atoms with E-state index in [1.807, 2.05) is 14.0 Å². The Morgan fingerprint density at radius 3 is 2.33 bits per heavy atom. The van der Waals surface area contributed by atoms with E-state index in [9.17, 15) is 13.2 Å². The van der Waals surface area contributed by atoms with E-state index in [0.29, 0.717) is 6.54 Å². The summed E-state index contributed by atoms with van der Waals surface area (Å²) in [5, 5.41) is 8.05. The monoisotopic (exact) mass is 390 g/mol. The Labute approximate surface area is 161 Å². The van der Waals surface area contributed by atoms with Crippen molar-refractivity contribution in [1.82, 2.24) is 5.32 Å². The van der Waals surface area contributed by atoms with Gasteiger partial charge in [-0.2, -0.15) is 0 Å². The molecule has 0 heterocycles. The second kappa shape index (κ2) is 8.65. The second-order valence-electron chi connectivity index (χ2n) is 7.14. The minimum absolute atomic E-state index is 0.0553. The molecule has 0 aromatic heterocycles. The van der Waals surface area contributed by atoms with Crippen LogP contribution in [0.3, 0.4) is 0 Å². The maximum Gasteiger partial charge on any atom is 0.275 e. The van der Waals surface area contributed by atoms with Gasteiger partial charge in [0.15, 0.2) is 6.54 Å².